The van der Waals surface area contributed by atoms with E-state index in [9.17, 15) is 4.79 Å². The molecule has 2 aromatic rings. The largest absolute Gasteiger partial charge is 0.461 e. The van der Waals surface area contributed by atoms with E-state index in [1.807, 2.05) is 30.3 Å². The van der Waals surface area contributed by atoms with E-state index < -0.39 is 0 Å². The number of esters is 1. The lowest BCUT2D eigenvalue weighted by atomic mass is 9.97. The van der Waals surface area contributed by atoms with E-state index in [1.165, 1.54) is 16.7 Å². The lowest BCUT2D eigenvalue weighted by Gasteiger charge is -2.12. The van der Waals surface area contributed by atoms with Gasteiger partial charge in [0.2, 0.25) is 0 Å². The van der Waals surface area contributed by atoms with Crippen molar-refractivity contribution in [2.45, 2.75) is 41.2 Å². The summed E-state index contributed by atoms with van der Waals surface area (Å²) in [4.78, 5) is 12.5. The predicted molar refractivity (Wildman–Crippen MR) is 97.5 cm³/mol. The van der Waals surface area contributed by atoms with Gasteiger partial charge in [-0.15, -0.1) is 0 Å². The molecule has 2 nitrogen and oxygen atoms in total. The second kappa shape index (κ2) is 5.77. The fourth-order valence-corrected chi connectivity index (χ4v) is 3.79. The SMILES string of the molecule is Cc1c(COC(=O)C2C(C)(C)C2(C)C)cccc1-c1ccccc1. The van der Waals surface area contributed by atoms with Crippen LogP contribution in [0, 0.1) is 23.7 Å². The monoisotopic (exact) mass is 322 g/mol. The second-order valence-electron chi connectivity index (χ2n) is 7.94. The number of hydrogen-bond donors (Lipinski definition) is 0. The Kier molecular flexibility index (Phi) is 4.03. The summed E-state index contributed by atoms with van der Waals surface area (Å²) in [6.07, 6.45) is 0. The van der Waals surface area contributed by atoms with E-state index in [2.05, 4.69) is 52.8 Å². The third-order valence-corrected chi connectivity index (χ3v) is 6.16. The summed E-state index contributed by atoms with van der Waals surface area (Å²) in [7, 11) is 0. The van der Waals surface area contributed by atoms with E-state index in [1.54, 1.807) is 0 Å². The normalized spacial score (nSPS) is 18.2. The Morgan fingerprint density at radius 2 is 1.58 bits per heavy atom. The van der Waals surface area contributed by atoms with Crippen molar-refractivity contribution >= 4 is 5.97 Å². The summed E-state index contributed by atoms with van der Waals surface area (Å²) < 4.78 is 5.66. The maximum Gasteiger partial charge on any atom is 0.310 e. The van der Waals surface area contributed by atoms with Crippen LogP contribution >= 0.6 is 0 Å². The van der Waals surface area contributed by atoms with E-state index in [4.69, 9.17) is 4.74 Å². The quantitative estimate of drug-likeness (QED) is 0.706. The van der Waals surface area contributed by atoms with Crippen LogP contribution in [0.1, 0.15) is 38.8 Å². The Morgan fingerprint density at radius 3 is 2.17 bits per heavy atom. The van der Waals surface area contributed by atoms with Crippen LogP contribution < -0.4 is 0 Å². The van der Waals surface area contributed by atoms with Crippen molar-refractivity contribution in [2.75, 3.05) is 0 Å². The van der Waals surface area contributed by atoms with Gasteiger partial charge in [-0.3, -0.25) is 4.79 Å². The summed E-state index contributed by atoms with van der Waals surface area (Å²) in [5.74, 6) is -0.0860. The van der Waals surface area contributed by atoms with Crippen LogP contribution in [0.4, 0.5) is 0 Å². The van der Waals surface area contributed by atoms with E-state index >= 15 is 0 Å². The molecule has 0 saturated heterocycles. The van der Waals surface area contributed by atoms with Crippen molar-refractivity contribution in [2.24, 2.45) is 16.7 Å². The molecule has 3 rings (SSSR count). The highest BCUT2D eigenvalue weighted by Gasteiger charge is 2.69. The molecule has 0 amide bonds. The van der Waals surface area contributed by atoms with Crippen molar-refractivity contribution in [3.05, 3.63) is 59.7 Å². The second-order valence-corrected chi connectivity index (χ2v) is 7.94. The van der Waals surface area contributed by atoms with Gasteiger partial charge >= 0.3 is 5.97 Å². The molecule has 0 heterocycles. The van der Waals surface area contributed by atoms with Crippen LogP contribution in [-0.4, -0.2) is 5.97 Å². The molecule has 0 unspecified atom stereocenters. The average molecular weight is 322 g/mol. The maximum atomic E-state index is 12.5. The summed E-state index contributed by atoms with van der Waals surface area (Å²) in [6.45, 7) is 11.0. The zero-order valence-corrected chi connectivity index (χ0v) is 15.2. The van der Waals surface area contributed by atoms with Crippen LogP contribution in [0.5, 0.6) is 0 Å². The third kappa shape index (κ3) is 2.64. The van der Waals surface area contributed by atoms with Crippen molar-refractivity contribution in [1.82, 2.24) is 0 Å². The Balaban J connectivity index is 1.74. The molecule has 0 atom stereocenters. The molecule has 1 aliphatic carbocycles. The summed E-state index contributed by atoms with van der Waals surface area (Å²) >= 11 is 0. The highest BCUT2D eigenvalue weighted by molar-refractivity contribution is 5.79. The highest BCUT2D eigenvalue weighted by atomic mass is 16.5. The molecule has 0 aromatic heterocycles. The molecule has 126 valence electrons. The fourth-order valence-electron chi connectivity index (χ4n) is 3.79. The molecule has 1 saturated carbocycles. The smallest absolute Gasteiger partial charge is 0.310 e. The van der Waals surface area contributed by atoms with Crippen molar-refractivity contribution in [3.8, 4) is 11.1 Å². The Labute approximate surface area is 144 Å². The minimum atomic E-state index is -0.0745. The van der Waals surface area contributed by atoms with Crippen LogP contribution in [0.15, 0.2) is 48.5 Å². The van der Waals surface area contributed by atoms with Gasteiger partial charge in [-0.2, -0.15) is 0 Å². The molecule has 2 heteroatoms. The van der Waals surface area contributed by atoms with Gasteiger partial charge in [-0.25, -0.2) is 0 Å². The van der Waals surface area contributed by atoms with Crippen molar-refractivity contribution in [3.63, 3.8) is 0 Å². The number of carbonyl (C=O) groups excluding carboxylic acids is 1. The van der Waals surface area contributed by atoms with E-state index in [0.717, 1.165) is 5.56 Å². The Hall–Kier alpha value is -2.09. The van der Waals surface area contributed by atoms with Crippen molar-refractivity contribution in [1.29, 1.82) is 0 Å². The summed E-state index contributed by atoms with van der Waals surface area (Å²) in [5.41, 5.74) is 4.66. The number of rotatable bonds is 4. The number of ether oxygens (including phenoxy) is 1. The average Bonchev–Trinajstić information content (AvgIpc) is 2.96. The third-order valence-electron chi connectivity index (χ3n) is 6.16. The molecular formula is C22H26O2. The number of carbonyl (C=O) groups is 1. The van der Waals surface area contributed by atoms with Gasteiger partial charge in [0.15, 0.2) is 0 Å². The van der Waals surface area contributed by atoms with E-state index in [-0.39, 0.29) is 22.7 Å². The molecule has 0 bridgehead atoms. The first-order valence-corrected chi connectivity index (χ1v) is 8.57. The van der Waals surface area contributed by atoms with Gasteiger partial charge in [0, 0.05) is 0 Å². The molecule has 0 N–H and O–H groups in total. The van der Waals surface area contributed by atoms with Gasteiger partial charge < -0.3 is 4.74 Å². The topological polar surface area (TPSA) is 26.3 Å². The van der Waals surface area contributed by atoms with Gasteiger partial charge in [0.1, 0.15) is 6.61 Å². The van der Waals surface area contributed by atoms with Gasteiger partial charge in [0.05, 0.1) is 5.92 Å². The first kappa shape index (κ1) is 16.8. The lowest BCUT2D eigenvalue weighted by molar-refractivity contribution is -0.148. The molecule has 1 fully saturated rings. The predicted octanol–water partition coefficient (Wildman–Crippen LogP) is 5.39. The molecule has 24 heavy (non-hydrogen) atoms. The van der Waals surface area contributed by atoms with E-state index in [0.29, 0.717) is 6.61 Å². The molecule has 0 radical (unpaired) electrons. The molecule has 0 aliphatic heterocycles. The molecule has 0 spiro atoms. The zero-order valence-electron chi connectivity index (χ0n) is 15.2. The lowest BCUT2D eigenvalue weighted by Crippen LogP contribution is -2.12. The standard InChI is InChI=1S/C22H26O2/c1-15-17(12-9-13-18(15)16-10-7-6-8-11-16)14-24-20(23)19-21(2,3)22(19,4)5/h6-13,19H,14H2,1-5H3. The molecule has 1 aliphatic rings. The van der Waals surface area contributed by atoms with Crippen LogP contribution in [0.2, 0.25) is 0 Å². The first-order chi connectivity index (χ1) is 11.3. The Morgan fingerprint density at radius 1 is 0.958 bits per heavy atom. The molecular weight excluding hydrogens is 296 g/mol. The van der Waals surface area contributed by atoms with Crippen molar-refractivity contribution < 1.29 is 9.53 Å². The zero-order chi connectivity index (χ0) is 17.5. The van der Waals surface area contributed by atoms with Crippen LogP contribution in [0.3, 0.4) is 0 Å². The van der Waals surface area contributed by atoms with Gasteiger partial charge in [-0.05, 0) is 40.0 Å². The number of hydrogen-bond acceptors (Lipinski definition) is 2. The summed E-state index contributed by atoms with van der Waals surface area (Å²) in [5, 5.41) is 0. The minimum Gasteiger partial charge on any atom is -0.461 e. The minimum absolute atomic E-state index is 0.0115. The maximum absolute atomic E-state index is 12.5. The number of benzene rings is 2. The Bertz CT molecular complexity index is 743. The van der Waals surface area contributed by atoms with Gasteiger partial charge in [0.25, 0.3) is 0 Å². The van der Waals surface area contributed by atoms with Crippen LogP contribution in [0.25, 0.3) is 11.1 Å². The fraction of sp³-hybridized carbons (Fsp3) is 0.409. The van der Waals surface area contributed by atoms with Gasteiger partial charge in [-0.1, -0.05) is 76.2 Å². The highest BCUT2D eigenvalue weighted by Crippen LogP contribution is 2.68. The molecule has 2 aromatic carbocycles. The summed E-state index contributed by atoms with van der Waals surface area (Å²) in [6, 6.07) is 16.5. The van der Waals surface area contributed by atoms with Crippen LogP contribution in [-0.2, 0) is 16.1 Å². The first-order valence-electron chi connectivity index (χ1n) is 8.57.